The molecule has 0 amide bonds. The van der Waals surface area contributed by atoms with Crippen LogP contribution in [0.15, 0.2) is 35.4 Å². The minimum atomic E-state index is -0.126. The molecule has 24 heavy (non-hydrogen) atoms. The molecule has 0 bridgehead atoms. The number of thioether (sulfide) groups is 1. The van der Waals surface area contributed by atoms with E-state index in [0.717, 1.165) is 33.2 Å². The summed E-state index contributed by atoms with van der Waals surface area (Å²) in [6.07, 6.45) is 0. The van der Waals surface area contributed by atoms with Crippen molar-refractivity contribution < 1.29 is 4.79 Å². The number of fused-ring (bicyclic) bond motifs is 1. The molecule has 1 aromatic carbocycles. The zero-order valence-corrected chi connectivity index (χ0v) is 15.6. The molecule has 0 aliphatic rings. The zero-order valence-electron chi connectivity index (χ0n) is 14.0. The minimum absolute atomic E-state index is 0.126. The number of hydrogen-bond donors (Lipinski definition) is 0. The highest BCUT2D eigenvalue weighted by Crippen LogP contribution is 2.32. The zero-order chi connectivity index (χ0) is 17.4. The largest absolute Gasteiger partial charge is 0.299 e. The Morgan fingerprint density at radius 3 is 2.54 bits per heavy atom. The van der Waals surface area contributed by atoms with Crippen molar-refractivity contribution in [3.8, 4) is 11.1 Å². The number of carbonyl (C=O) groups excluding carboxylic acids is 1. The third-order valence-electron chi connectivity index (χ3n) is 3.86. The van der Waals surface area contributed by atoms with E-state index in [0.29, 0.717) is 5.02 Å². The van der Waals surface area contributed by atoms with E-state index in [9.17, 15) is 4.79 Å². The first-order chi connectivity index (χ1) is 11.4. The Morgan fingerprint density at radius 2 is 1.92 bits per heavy atom. The summed E-state index contributed by atoms with van der Waals surface area (Å²) < 4.78 is 1.83. The van der Waals surface area contributed by atoms with Gasteiger partial charge in [-0.15, -0.1) is 0 Å². The second kappa shape index (κ2) is 6.57. The van der Waals surface area contributed by atoms with Crippen molar-refractivity contribution in [3.05, 3.63) is 46.7 Å². The lowest BCUT2D eigenvalue weighted by atomic mass is 10.1. The lowest BCUT2D eigenvalue weighted by Gasteiger charge is -2.10. The van der Waals surface area contributed by atoms with Gasteiger partial charge in [-0.1, -0.05) is 35.5 Å². The molecule has 0 aliphatic heterocycles. The topological polar surface area (TPSA) is 47.3 Å². The van der Waals surface area contributed by atoms with E-state index in [1.54, 1.807) is 6.92 Å². The van der Waals surface area contributed by atoms with Gasteiger partial charge in [-0.25, -0.2) is 9.50 Å². The summed E-state index contributed by atoms with van der Waals surface area (Å²) in [6, 6.07) is 9.64. The molecule has 0 saturated carbocycles. The molecule has 3 aromatic rings. The van der Waals surface area contributed by atoms with Crippen LogP contribution in [0, 0.1) is 13.8 Å². The van der Waals surface area contributed by atoms with Crippen molar-refractivity contribution in [2.75, 3.05) is 0 Å². The van der Waals surface area contributed by atoms with Gasteiger partial charge in [0.25, 0.3) is 0 Å². The predicted molar refractivity (Wildman–Crippen MR) is 98.9 cm³/mol. The van der Waals surface area contributed by atoms with E-state index < -0.39 is 0 Å². The van der Waals surface area contributed by atoms with E-state index in [2.05, 4.69) is 10.1 Å². The highest BCUT2D eigenvalue weighted by Gasteiger charge is 2.18. The monoisotopic (exact) mass is 359 g/mol. The van der Waals surface area contributed by atoms with E-state index in [4.69, 9.17) is 11.6 Å². The number of benzene rings is 1. The standard InChI is InChI=1S/C18H18ClN3OS/c1-10-9-16(24-13(4)12(3)23)22-18(20-10)17(11(2)21-22)14-5-7-15(19)8-6-14/h5-9,13H,1-4H3/t13-/m0/s1. The van der Waals surface area contributed by atoms with Crippen molar-refractivity contribution in [1.82, 2.24) is 14.6 Å². The summed E-state index contributed by atoms with van der Waals surface area (Å²) in [5.41, 5.74) is 4.62. The third-order valence-corrected chi connectivity index (χ3v) is 5.33. The highest BCUT2D eigenvalue weighted by molar-refractivity contribution is 8.00. The molecule has 3 rings (SSSR count). The Balaban J connectivity index is 2.19. The van der Waals surface area contributed by atoms with Gasteiger partial charge in [-0.2, -0.15) is 5.10 Å². The average molecular weight is 360 g/mol. The van der Waals surface area contributed by atoms with Crippen LogP contribution in [0.5, 0.6) is 0 Å². The third kappa shape index (κ3) is 3.19. The molecule has 6 heteroatoms. The Morgan fingerprint density at radius 1 is 1.25 bits per heavy atom. The number of halogens is 1. The van der Waals surface area contributed by atoms with Crippen LogP contribution >= 0.6 is 23.4 Å². The van der Waals surface area contributed by atoms with E-state index in [1.165, 1.54) is 11.8 Å². The summed E-state index contributed by atoms with van der Waals surface area (Å²) in [5.74, 6) is 0.143. The quantitative estimate of drug-likeness (QED) is 0.498. The predicted octanol–water partition coefficient (Wildman–Crippen LogP) is 4.74. The maximum atomic E-state index is 11.6. The van der Waals surface area contributed by atoms with Gasteiger partial charge >= 0.3 is 0 Å². The smallest absolute Gasteiger partial charge is 0.164 e. The SMILES string of the molecule is CC(=O)[C@H](C)Sc1cc(C)nc2c(-c3ccc(Cl)cc3)c(C)nn12. The molecule has 1 atom stereocenters. The molecule has 0 fully saturated rings. The van der Waals surface area contributed by atoms with Crippen molar-refractivity contribution >= 4 is 34.8 Å². The van der Waals surface area contributed by atoms with Crippen LogP contribution in [0.4, 0.5) is 0 Å². The van der Waals surface area contributed by atoms with Crippen molar-refractivity contribution in [2.45, 2.75) is 38.0 Å². The molecule has 0 spiro atoms. The summed E-state index contributed by atoms with van der Waals surface area (Å²) in [5, 5.41) is 6.15. The fraction of sp³-hybridized carbons (Fsp3) is 0.278. The molecular weight excluding hydrogens is 342 g/mol. The summed E-state index contributed by atoms with van der Waals surface area (Å²) in [6.45, 7) is 7.44. The first-order valence-corrected chi connectivity index (χ1v) is 8.92. The van der Waals surface area contributed by atoms with Gasteiger partial charge in [-0.3, -0.25) is 4.79 Å². The number of Topliss-reactive ketones (excluding diaryl/α,β-unsaturated/α-hetero) is 1. The van der Waals surface area contributed by atoms with Gasteiger partial charge in [0.2, 0.25) is 0 Å². The van der Waals surface area contributed by atoms with Gasteiger partial charge in [0.05, 0.1) is 10.9 Å². The molecule has 2 aromatic heterocycles. The second-order valence-electron chi connectivity index (χ2n) is 5.81. The molecule has 0 saturated heterocycles. The number of aryl methyl sites for hydroxylation is 2. The number of rotatable bonds is 4. The normalized spacial score (nSPS) is 12.5. The van der Waals surface area contributed by atoms with Gasteiger partial charge in [0, 0.05) is 16.3 Å². The van der Waals surface area contributed by atoms with Crippen LogP contribution in [-0.4, -0.2) is 25.6 Å². The minimum Gasteiger partial charge on any atom is -0.299 e. The fourth-order valence-electron chi connectivity index (χ4n) is 2.51. The van der Waals surface area contributed by atoms with Crippen molar-refractivity contribution in [2.24, 2.45) is 0 Å². The Labute approximate surface area is 150 Å². The van der Waals surface area contributed by atoms with E-state index in [1.807, 2.05) is 55.6 Å². The molecule has 2 heterocycles. The van der Waals surface area contributed by atoms with Crippen LogP contribution in [0.25, 0.3) is 16.8 Å². The van der Waals surface area contributed by atoms with Gasteiger partial charge in [0.1, 0.15) is 10.8 Å². The molecule has 0 N–H and O–H groups in total. The molecule has 4 nitrogen and oxygen atoms in total. The number of aromatic nitrogens is 3. The second-order valence-corrected chi connectivity index (χ2v) is 7.61. The van der Waals surface area contributed by atoms with Crippen LogP contribution in [0.2, 0.25) is 5.02 Å². The van der Waals surface area contributed by atoms with Gasteiger partial charge < -0.3 is 0 Å². The van der Waals surface area contributed by atoms with Crippen LogP contribution < -0.4 is 0 Å². The Bertz CT molecular complexity index is 918. The maximum Gasteiger partial charge on any atom is 0.164 e. The van der Waals surface area contributed by atoms with Crippen LogP contribution in [0.3, 0.4) is 0 Å². The van der Waals surface area contributed by atoms with Crippen molar-refractivity contribution in [1.29, 1.82) is 0 Å². The summed E-state index contributed by atoms with van der Waals surface area (Å²) in [7, 11) is 0. The number of ketones is 1. The van der Waals surface area contributed by atoms with E-state index >= 15 is 0 Å². The highest BCUT2D eigenvalue weighted by atomic mass is 35.5. The summed E-state index contributed by atoms with van der Waals surface area (Å²) in [4.78, 5) is 16.3. The average Bonchev–Trinajstić information content (AvgIpc) is 2.84. The molecule has 124 valence electrons. The number of hydrogen-bond acceptors (Lipinski definition) is 4. The Kier molecular flexibility index (Phi) is 4.65. The van der Waals surface area contributed by atoms with Crippen LogP contribution in [0.1, 0.15) is 25.2 Å². The molecule has 0 unspecified atom stereocenters. The lowest BCUT2D eigenvalue weighted by Crippen LogP contribution is -2.10. The van der Waals surface area contributed by atoms with E-state index in [-0.39, 0.29) is 11.0 Å². The lowest BCUT2D eigenvalue weighted by molar-refractivity contribution is -0.116. The Hall–Kier alpha value is -1.85. The first-order valence-electron chi connectivity index (χ1n) is 7.67. The molecule has 0 aliphatic carbocycles. The van der Waals surface area contributed by atoms with Gasteiger partial charge in [0.15, 0.2) is 5.65 Å². The fourth-order valence-corrected chi connectivity index (χ4v) is 3.63. The summed E-state index contributed by atoms with van der Waals surface area (Å²) >= 11 is 7.50. The number of carbonyl (C=O) groups is 1. The van der Waals surface area contributed by atoms with Gasteiger partial charge in [-0.05, 0) is 51.5 Å². The van der Waals surface area contributed by atoms with Crippen molar-refractivity contribution in [3.63, 3.8) is 0 Å². The maximum absolute atomic E-state index is 11.6. The molecular formula is C18H18ClN3OS. The van der Waals surface area contributed by atoms with Crippen LogP contribution in [-0.2, 0) is 4.79 Å². The molecule has 0 radical (unpaired) electrons. The first kappa shape index (κ1) is 17.0. The number of nitrogens with zero attached hydrogens (tertiary/aromatic N) is 3.